The Morgan fingerprint density at radius 3 is 2.95 bits per heavy atom. The maximum atomic E-state index is 9.26. The fourth-order valence-electron chi connectivity index (χ4n) is 2.38. The summed E-state index contributed by atoms with van der Waals surface area (Å²) in [4.78, 5) is 6.64. The van der Waals surface area contributed by atoms with Crippen LogP contribution < -0.4 is 9.64 Å². The van der Waals surface area contributed by atoms with Crippen LogP contribution in [0.1, 0.15) is 16.8 Å². The quantitative estimate of drug-likeness (QED) is 0.795. The molecular weight excluding hydrogens is 250 g/mol. The maximum absolute atomic E-state index is 9.26. The Hall–Kier alpha value is -2.54. The van der Waals surface area contributed by atoms with Crippen LogP contribution in [-0.2, 0) is 6.54 Å². The van der Waals surface area contributed by atoms with Gasteiger partial charge in [-0.05, 0) is 25.1 Å². The number of anilines is 1. The Balaban J connectivity index is 2.00. The summed E-state index contributed by atoms with van der Waals surface area (Å²) in [5, 5.41) is 9.26. The van der Waals surface area contributed by atoms with Gasteiger partial charge in [0.25, 0.3) is 0 Å². The predicted octanol–water partition coefficient (Wildman–Crippen LogP) is 2.66. The number of rotatable bonds is 1. The zero-order valence-corrected chi connectivity index (χ0v) is 11.3. The van der Waals surface area contributed by atoms with Gasteiger partial charge in [0.15, 0.2) is 0 Å². The molecule has 0 unspecified atom stereocenters. The van der Waals surface area contributed by atoms with E-state index < -0.39 is 0 Å². The monoisotopic (exact) mass is 265 g/mol. The van der Waals surface area contributed by atoms with Gasteiger partial charge in [0, 0.05) is 17.8 Å². The van der Waals surface area contributed by atoms with E-state index in [1.54, 1.807) is 0 Å². The third kappa shape index (κ3) is 2.30. The topological polar surface area (TPSA) is 49.2 Å². The van der Waals surface area contributed by atoms with Crippen molar-refractivity contribution in [3.63, 3.8) is 0 Å². The maximum Gasteiger partial charge on any atom is 0.147 e. The fourth-order valence-corrected chi connectivity index (χ4v) is 2.38. The van der Waals surface area contributed by atoms with Crippen LogP contribution in [0.3, 0.4) is 0 Å². The lowest BCUT2D eigenvalue weighted by atomic mass is 10.1. The molecule has 0 aliphatic carbocycles. The smallest absolute Gasteiger partial charge is 0.147 e. The van der Waals surface area contributed by atoms with E-state index in [-0.39, 0.29) is 0 Å². The number of nitriles is 1. The van der Waals surface area contributed by atoms with E-state index in [9.17, 15) is 5.26 Å². The second kappa shape index (κ2) is 5.22. The molecule has 1 aliphatic heterocycles. The number of hydrogen-bond acceptors (Lipinski definition) is 4. The molecule has 4 nitrogen and oxygen atoms in total. The van der Waals surface area contributed by atoms with Crippen LogP contribution in [0.25, 0.3) is 0 Å². The third-order valence-corrected chi connectivity index (χ3v) is 3.39. The van der Waals surface area contributed by atoms with E-state index in [2.05, 4.69) is 22.0 Å². The fraction of sp³-hybridized carbons (Fsp3) is 0.250. The van der Waals surface area contributed by atoms with Crippen molar-refractivity contribution in [2.75, 3.05) is 18.1 Å². The number of nitrogens with zero attached hydrogens (tertiary/aromatic N) is 3. The van der Waals surface area contributed by atoms with Gasteiger partial charge in [-0.25, -0.2) is 4.98 Å². The zero-order valence-electron chi connectivity index (χ0n) is 11.3. The predicted molar refractivity (Wildman–Crippen MR) is 76.7 cm³/mol. The van der Waals surface area contributed by atoms with Crippen molar-refractivity contribution in [2.45, 2.75) is 13.5 Å². The Morgan fingerprint density at radius 1 is 1.25 bits per heavy atom. The number of para-hydroxylation sites is 1. The molecule has 1 aliphatic rings. The highest BCUT2D eigenvalue weighted by atomic mass is 16.5. The van der Waals surface area contributed by atoms with Gasteiger partial charge in [0.05, 0.1) is 12.1 Å². The van der Waals surface area contributed by atoms with Crippen LogP contribution in [0.4, 0.5) is 5.82 Å². The number of pyridine rings is 1. The molecule has 0 saturated carbocycles. The minimum absolute atomic E-state index is 0.595. The summed E-state index contributed by atoms with van der Waals surface area (Å²) in [5.41, 5.74) is 2.64. The summed E-state index contributed by atoms with van der Waals surface area (Å²) in [6, 6.07) is 13.9. The Kier molecular flexibility index (Phi) is 3.26. The minimum Gasteiger partial charge on any atom is -0.491 e. The summed E-state index contributed by atoms with van der Waals surface area (Å²) < 4.78 is 5.75. The zero-order chi connectivity index (χ0) is 13.9. The van der Waals surface area contributed by atoms with E-state index in [0.29, 0.717) is 18.7 Å². The molecule has 1 aromatic carbocycles. The molecule has 0 radical (unpaired) electrons. The lowest BCUT2D eigenvalue weighted by Gasteiger charge is -2.22. The second-order valence-corrected chi connectivity index (χ2v) is 4.81. The molecule has 0 amide bonds. The first kappa shape index (κ1) is 12.5. The van der Waals surface area contributed by atoms with Crippen molar-refractivity contribution in [3.05, 3.63) is 53.2 Å². The van der Waals surface area contributed by atoms with Gasteiger partial charge in [-0.2, -0.15) is 5.26 Å². The van der Waals surface area contributed by atoms with Crippen molar-refractivity contribution in [1.29, 1.82) is 5.26 Å². The highest BCUT2D eigenvalue weighted by Gasteiger charge is 2.18. The third-order valence-electron chi connectivity index (χ3n) is 3.39. The highest BCUT2D eigenvalue weighted by Crippen LogP contribution is 2.26. The average Bonchev–Trinajstić information content (AvgIpc) is 2.69. The SMILES string of the molecule is Cc1ccc(C#N)c(N2CCOc3ccccc3C2)n1. The summed E-state index contributed by atoms with van der Waals surface area (Å²) >= 11 is 0. The van der Waals surface area contributed by atoms with Gasteiger partial charge in [-0.3, -0.25) is 0 Å². The summed E-state index contributed by atoms with van der Waals surface area (Å²) in [5.74, 6) is 1.66. The van der Waals surface area contributed by atoms with Crippen LogP contribution in [0.2, 0.25) is 0 Å². The Morgan fingerprint density at radius 2 is 2.10 bits per heavy atom. The van der Waals surface area contributed by atoms with Gasteiger partial charge < -0.3 is 9.64 Å². The minimum atomic E-state index is 0.595. The second-order valence-electron chi connectivity index (χ2n) is 4.81. The van der Waals surface area contributed by atoms with Crippen LogP contribution in [0, 0.1) is 18.3 Å². The van der Waals surface area contributed by atoms with Crippen molar-refractivity contribution in [2.24, 2.45) is 0 Å². The summed E-state index contributed by atoms with van der Waals surface area (Å²) in [6.45, 7) is 3.96. The van der Waals surface area contributed by atoms with E-state index >= 15 is 0 Å². The van der Waals surface area contributed by atoms with Crippen LogP contribution in [0.15, 0.2) is 36.4 Å². The van der Waals surface area contributed by atoms with Crippen LogP contribution in [-0.4, -0.2) is 18.1 Å². The van der Waals surface area contributed by atoms with Gasteiger partial charge in [-0.15, -0.1) is 0 Å². The van der Waals surface area contributed by atoms with Gasteiger partial charge in [0.2, 0.25) is 0 Å². The molecule has 0 bridgehead atoms. The molecule has 100 valence electrons. The van der Waals surface area contributed by atoms with Crippen molar-refractivity contribution >= 4 is 5.82 Å². The highest BCUT2D eigenvalue weighted by molar-refractivity contribution is 5.55. The molecule has 2 aromatic rings. The van der Waals surface area contributed by atoms with Crippen LogP contribution in [0.5, 0.6) is 5.75 Å². The average molecular weight is 265 g/mol. The Bertz CT molecular complexity index is 676. The first-order valence-corrected chi connectivity index (χ1v) is 6.61. The van der Waals surface area contributed by atoms with E-state index in [1.165, 1.54) is 0 Å². The van der Waals surface area contributed by atoms with E-state index in [1.807, 2.05) is 37.3 Å². The molecule has 0 atom stereocenters. The van der Waals surface area contributed by atoms with Gasteiger partial charge in [0.1, 0.15) is 24.2 Å². The molecule has 3 rings (SSSR count). The van der Waals surface area contributed by atoms with Crippen molar-refractivity contribution in [3.8, 4) is 11.8 Å². The summed E-state index contributed by atoms with van der Waals surface area (Å²) in [7, 11) is 0. The number of aryl methyl sites for hydroxylation is 1. The normalized spacial score (nSPS) is 13.9. The van der Waals surface area contributed by atoms with E-state index in [0.717, 1.165) is 29.4 Å². The molecule has 0 saturated heterocycles. The number of benzene rings is 1. The molecule has 1 aromatic heterocycles. The lowest BCUT2D eigenvalue weighted by Crippen LogP contribution is -2.27. The molecule has 0 fully saturated rings. The molecule has 20 heavy (non-hydrogen) atoms. The van der Waals surface area contributed by atoms with Crippen molar-refractivity contribution < 1.29 is 4.74 Å². The van der Waals surface area contributed by atoms with Crippen LogP contribution >= 0.6 is 0 Å². The first-order chi connectivity index (χ1) is 9.78. The summed E-state index contributed by atoms with van der Waals surface area (Å²) in [6.07, 6.45) is 0. The van der Waals surface area contributed by atoms with E-state index in [4.69, 9.17) is 4.74 Å². The first-order valence-electron chi connectivity index (χ1n) is 6.61. The Labute approximate surface area is 118 Å². The lowest BCUT2D eigenvalue weighted by molar-refractivity contribution is 0.331. The molecule has 0 spiro atoms. The molecular formula is C16H15N3O. The molecule has 0 N–H and O–H groups in total. The van der Waals surface area contributed by atoms with Gasteiger partial charge >= 0.3 is 0 Å². The number of aromatic nitrogens is 1. The van der Waals surface area contributed by atoms with Gasteiger partial charge in [-0.1, -0.05) is 18.2 Å². The number of fused-ring (bicyclic) bond motifs is 1. The van der Waals surface area contributed by atoms with Crippen molar-refractivity contribution in [1.82, 2.24) is 4.98 Å². The number of ether oxygens (including phenoxy) is 1. The largest absolute Gasteiger partial charge is 0.491 e. The number of hydrogen-bond donors (Lipinski definition) is 0. The standard InChI is InChI=1S/C16H15N3O/c1-12-6-7-13(10-17)16(18-12)19-8-9-20-15-5-3-2-4-14(15)11-19/h2-7H,8-9,11H2,1H3. The molecule has 4 heteroatoms. The molecule has 2 heterocycles.